The lowest BCUT2D eigenvalue weighted by molar-refractivity contribution is 0.590. The van der Waals surface area contributed by atoms with Crippen LogP contribution in [-0.2, 0) is 0 Å². The van der Waals surface area contributed by atoms with E-state index in [0.29, 0.717) is 0 Å². The van der Waals surface area contributed by atoms with E-state index in [1.165, 1.54) is 4.68 Å². The Morgan fingerprint density at radius 1 is 1.44 bits per heavy atom. The van der Waals surface area contributed by atoms with Crippen molar-refractivity contribution < 1.29 is 4.39 Å². The van der Waals surface area contributed by atoms with Crippen LogP contribution in [-0.4, -0.2) is 19.7 Å². The first kappa shape index (κ1) is 11.0. The molecule has 0 saturated carbocycles. The van der Waals surface area contributed by atoms with E-state index in [1.54, 1.807) is 6.20 Å². The highest BCUT2D eigenvalue weighted by atomic mass is 35.5. The Morgan fingerprint density at radius 3 is 2.81 bits per heavy atom. The number of rotatable bonds is 2. The summed E-state index contributed by atoms with van der Waals surface area (Å²) >= 11 is 5.61. The van der Waals surface area contributed by atoms with Crippen LogP contribution in [0.4, 0.5) is 4.39 Å². The topological polar surface area (TPSA) is 43.6 Å². The van der Waals surface area contributed by atoms with Crippen molar-refractivity contribution in [3.63, 3.8) is 0 Å². The van der Waals surface area contributed by atoms with Crippen LogP contribution in [0.2, 0.25) is 5.28 Å². The van der Waals surface area contributed by atoms with E-state index >= 15 is 0 Å². The zero-order chi connectivity index (χ0) is 11.7. The number of hydrogen-bond acceptors (Lipinski definition) is 3. The quantitative estimate of drug-likeness (QED) is 0.758. The van der Waals surface area contributed by atoms with E-state index in [0.717, 1.165) is 11.9 Å². The van der Waals surface area contributed by atoms with Crippen LogP contribution in [0.1, 0.15) is 25.5 Å². The van der Waals surface area contributed by atoms with Gasteiger partial charge in [-0.3, -0.25) is 0 Å². The first-order valence-electron chi connectivity index (χ1n) is 4.82. The maximum atomic E-state index is 13.4. The number of aromatic nitrogens is 4. The lowest BCUT2D eigenvalue weighted by Crippen LogP contribution is -2.04. The van der Waals surface area contributed by atoms with Gasteiger partial charge in [0.1, 0.15) is 0 Å². The maximum absolute atomic E-state index is 13.4. The van der Waals surface area contributed by atoms with Gasteiger partial charge in [-0.25, -0.2) is 14.1 Å². The summed E-state index contributed by atoms with van der Waals surface area (Å²) in [5, 5.41) is 4.21. The molecule has 84 valence electrons. The average molecular weight is 241 g/mol. The lowest BCUT2D eigenvalue weighted by atomic mass is 10.1. The van der Waals surface area contributed by atoms with Gasteiger partial charge in [0.15, 0.2) is 11.6 Å². The molecular formula is C10H10ClFN4. The van der Waals surface area contributed by atoms with Gasteiger partial charge >= 0.3 is 0 Å². The molecule has 0 aromatic carbocycles. The summed E-state index contributed by atoms with van der Waals surface area (Å²) in [4.78, 5) is 7.34. The van der Waals surface area contributed by atoms with Gasteiger partial charge in [0.05, 0.1) is 11.9 Å². The minimum Gasteiger partial charge on any atom is -0.223 e. The third kappa shape index (κ3) is 2.04. The second kappa shape index (κ2) is 4.17. The molecular weight excluding hydrogens is 231 g/mol. The summed E-state index contributed by atoms with van der Waals surface area (Å²) in [6.45, 7) is 4.02. The highest BCUT2D eigenvalue weighted by Gasteiger charge is 2.11. The van der Waals surface area contributed by atoms with Crippen LogP contribution >= 0.6 is 11.6 Å². The molecule has 2 heterocycles. The molecule has 6 heteroatoms. The van der Waals surface area contributed by atoms with Crippen molar-refractivity contribution in [1.82, 2.24) is 19.7 Å². The molecule has 0 aliphatic carbocycles. The standard InChI is InChI=1S/C10H10ClFN4/c1-6(2)8-3-4-16(15-8)9-7(12)5-13-10(11)14-9/h3-6H,1-2H3. The Morgan fingerprint density at radius 2 is 2.19 bits per heavy atom. The van der Waals surface area contributed by atoms with Crippen molar-refractivity contribution >= 4 is 11.6 Å². The molecule has 0 amide bonds. The first-order chi connectivity index (χ1) is 7.58. The van der Waals surface area contributed by atoms with Crippen LogP contribution < -0.4 is 0 Å². The Hall–Kier alpha value is -1.49. The fraction of sp³-hybridized carbons (Fsp3) is 0.300. The minimum atomic E-state index is -0.553. The highest BCUT2D eigenvalue weighted by molar-refractivity contribution is 6.28. The van der Waals surface area contributed by atoms with Crippen LogP contribution in [0.3, 0.4) is 0 Å². The summed E-state index contributed by atoms with van der Waals surface area (Å²) in [6.07, 6.45) is 2.68. The maximum Gasteiger partial charge on any atom is 0.224 e. The predicted molar refractivity (Wildman–Crippen MR) is 58.2 cm³/mol. The zero-order valence-electron chi connectivity index (χ0n) is 8.85. The van der Waals surface area contributed by atoms with E-state index in [4.69, 9.17) is 11.6 Å². The van der Waals surface area contributed by atoms with E-state index < -0.39 is 5.82 Å². The Bertz CT molecular complexity index is 509. The van der Waals surface area contributed by atoms with Crippen molar-refractivity contribution in [2.24, 2.45) is 0 Å². The monoisotopic (exact) mass is 240 g/mol. The van der Waals surface area contributed by atoms with Gasteiger partial charge in [0, 0.05) is 6.20 Å². The Balaban J connectivity index is 2.46. The predicted octanol–water partition coefficient (Wildman–Crippen LogP) is 2.58. The van der Waals surface area contributed by atoms with Gasteiger partial charge in [-0.15, -0.1) is 0 Å². The molecule has 0 aliphatic heterocycles. The van der Waals surface area contributed by atoms with Crippen LogP contribution in [0, 0.1) is 5.82 Å². The molecule has 0 radical (unpaired) electrons. The molecule has 16 heavy (non-hydrogen) atoms. The van der Waals surface area contributed by atoms with Crippen molar-refractivity contribution in [1.29, 1.82) is 0 Å². The SMILES string of the molecule is CC(C)c1ccn(-c2nc(Cl)ncc2F)n1. The molecule has 0 bridgehead atoms. The smallest absolute Gasteiger partial charge is 0.223 e. The van der Waals surface area contributed by atoms with E-state index in [9.17, 15) is 4.39 Å². The molecule has 4 nitrogen and oxygen atoms in total. The van der Waals surface area contributed by atoms with Gasteiger partial charge < -0.3 is 0 Å². The second-order valence-electron chi connectivity index (χ2n) is 3.65. The summed E-state index contributed by atoms with van der Waals surface area (Å²) in [7, 11) is 0. The van der Waals surface area contributed by atoms with Gasteiger partial charge in [0.2, 0.25) is 5.28 Å². The number of hydrogen-bond donors (Lipinski definition) is 0. The molecule has 0 aliphatic rings. The highest BCUT2D eigenvalue weighted by Crippen LogP contribution is 2.15. The van der Waals surface area contributed by atoms with Crippen LogP contribution in [0.5, 0.6) is 0 Å². The van der Waals surface area contributed by atoms with E-state index in [1.807, 2.05) is 19.9 Å². The van der Waals surface area contributed by atoms with Crippen molar-refractivity contribution in [2.45, 2.75) is 19.8 Å². The van der Waals surface area contributed by atoms with E-state index in [2.05, 4.69) is 15.1 Å². The molecule has 0 spiro atoms. The third-order valence-corrected chi connectivity index (χ3v) is 2.30. The summed E-state index contributed by atoms with van der Waals surface area (Å²) < 4.78 is 14.8. The second-order valence-corrected chi connectivity index (χ2v) is 3.99. The van der Waals surface area contributed by atoms with Crippen LogP contribution in [0.15, 0.2) is 18.5 Å². The Labute approximate surface area is 97.1 Å². The molecule has 2 rings (SSSR count). The summed E-state index contributed by atoms with van der Waals surface area (Å²) in [6, 6.07) is 1.82. The normalized spacial score (nSPS) is 11.1. The van der Waals surface area contributed by atoms with Gasteiger partial charge in [-0.1, -0.05) is 13.8 Å². The average Bonchev–Trinajstić information content (AvgIpc) is 2.70. The zero-order valence-corrected chi connectivity index (χ0v) is 9.61. The lowest BCUT2D eigenvalue weighted by Gasteiger charge is -2.02. The van der Waals surface area contributed by atoms with Gasteiger partial charge in [-0.2, -0.15) is 10.1 Å². The largest absolute Gasteiger partial charge is 0.224 e. The molecule has 2 aromatic rings. The minimum absolute atomic E-state index is 0.00185. The Kier molecular flexibility index (Phi) is 2.87. The van der Waals surface area contributed by atoms with Crippen molar-refractivity contribution in [2.75, 3.05) is 0 Å². The number of nitrogens with zero attached hydrogens (tertiary/aromatic N) is 4. The molecule has 2 aromatic heterocycles. The molecule has 0 saturated heterocycles. The molecule has 0 unspecified atom stereocenters. The summed E-state index contributed by atoms with van der Waals surface area (Å²) in [5.74, 6) is -0.212. The van der Waals surface area contributed by atoms with Gasteiger partial charge in [-0.05, 0) is 23.6 Å². The van der Waals surface area contributed by atoms with Gasteiger partial charge in [0.25, 0.3) is 0 Å². The van der Waals surface area contributed by atoms with Crippen molar-refractivity contribution in [3.8, 4) is 5.82 Å². The van der Waals surface area contributed by atoms with Crippen LogP contribution in [0.25, 0.3) is 5.82 Å². The fourth-order valence-electron chi connectivity index (χ4n) is 1.26. The number of halogens is 2. The molecule has 0 atom stereocenters. The first-order valence-corrected chi connectivity index (χ1v) is 5.19. The molecule has 0 fully saturated rings. The van der Waals surface area contributed by atoms with Crippen molar-refractivity contribution in [3.05, 3.63) is 35.3 Å². The van der Waals surface area contributed by atoms with E-state index in [-0.39, 0.29) is 17.0 Å². The third-order valence-electron chi connectivity index (χ3n) is 2.11. The fourth-order valence-corrected chi connectivity index (χ4v) is 1.39. The molecule has 0 N–H and O–H groups in total. The summed E-state index contributed by atoms with van der Waals surface area (Å²) in [5.41, 5.74) is 0.870.